The average Bonchev–Trinajstić information content (AvgIpc) is 3.12. The summed E-state index contributed by atoms with van der Waals surface area (Å²) in [5, 5.41) is 1.36. The van der Waals surface area contributed by atoms with Gasteiger partial charge in [-0.1, -0.05) is 48.1 Å². The van der Waals surface area contributed by atoms with Crippen LogP contribution in [-0.2, 0) is 0 Å². The Morgan fingerprint density at radius 2 is 1.90 bits per heavy atom. The number of aromatic nitrogens is 1. The van der Waals surface area contributed by atoms with Gasteiger partial charge in [0.1, 0.15) is 0 Å². The van der Waals surface area contributed by atoms with Crippen molar-refractivity contribution < 1.29 is 4.79 Å². The van der Waals surface area contributed by atoms with Crippen LogP contribution in [0.3, 0.4) is 0 Å². The number of carbonyl (C=O) groups excluding carboxylic acids is 1. The SMILES string of the molecule is CCSc1ccccc1C(=O)N(CCN(C)C)c1nc2c(C)ccc(Cl)c2s1.Cl. The van der Waals surface area contributed by atoms with Gasteiger partial charge in [-0.05, 0) is 50.5 Å². The van der Waals surface area contributed by atoms with E-state index < -0.39 is 0 Å². The van der Waals surface area contributed by atoms with Crippen LogP contribution in [0.5, 0.6) is 0 Å². The highest BCUT2D eigenvalue weighted by Gasteiger charge is 2.24. The quantitative estimate of drug-likeness (QED) is 0.397. The zero-order valence-corrected chi connectivity index (χ0v) is 20.1. The number of halogens is 2. The summed E-state index contributed by atoms with van der Waals surface area (Å²) in [4.78, 5) is 23.2. The number of aryl methyl sites for hydroxylation is 1. The summed E-state index contributed by atoms with van der Waals surface area (Å²) in [6.45, 7) is 5.42. The Kier molecular flexibility index (Phi) is 8.79. The van der Waals surface area contributed by atoms with Crippen LogP contribution in [0.4, 0.5) is 5.13 Å². The van der Waals surface area contributed by atoms with E-state index in [2.05, 4.69) is 11.8 Å². The second-order valence-corrected chi connectivity index (χ2v) is 9.42. The minimum Gasteiger partial charge on any atom is -0.308 e. The number of fused-ring (bicyclic) bond motifs is 1. The minimum atomic E-state index is -0.0220. The average molecular weight is 470 g/mol. The molecule has 1 heterocycles. The summed E-state index contributed by atoms with van der Waals surface area (Å²) in [5.74, 6) is 0.893. The Bertz CT molecular complexity index is 952. The topological polar surface area (TPSA) is 36.4 Å². The molecule has 0 aliphatic heterocycles. The normalized spacial score (nSPS) is 11.0. The number of benzene rings is 2. The summed E-state index contributed by atoms with van der Waals surface area (Å²) < 4.78 is 0.926. The molecule has 0 radical (unpaired) electrons. The van der Waals surface area contributed by atoms with E-state index in [1.807, 2.05) is 57.4 Å². The molecular weight excluding hydrogens is 445 g/mol. The fourth-order valence-corrected chi connectivity index (χ4v) is 5.00. The zero-order valence-electron chi connectivity index (χ0n) is 16.9. The van der Waals surface area contributed by atoms with Crippen molar-refractivity contribution in [3.8, 4) is 0 Å². The van der Waals surface area contributed by atoms with Crippen molar-refractivity contribution in [2.75, 3.05) is 37.8 Å². The molecule has 1 amide bonds. The van der Waals surface area contributed by atoms with Gasteiger partial charge in [0, 0.05) is 18.0 Å². The first-order valence-corrected chi connectivity index (χ1v) is 11.3. The highest BCUT2D eigenvalue weighted by atomic mass is 35.5. The predicted octanol–water partition coefficient (Wildman–Crippen LogP) is 6.00. The number of thiazole rings is 1. The summed E-state index contributed by atoms with van der Waals surface area (Å²) in [6.07, 6.45) is 0. The van der Waals surface area contributed by atoms with E-state index in [1.54, 1.807) is 16.7 Å². The van der Waals surface area contributed by atoms with Gasteiger partial charge in [-0.2, -0.15) is 0 Å². The summed E-state index contributed by atoms with van der Waals surface area (Å²) in [7, 11) is 4.01. The van der Waals surface area contributed by atoms with Crippen molar-refractivity contribution in [1.29, 1.82) is 0 Å². The molecule has 0 spiro atoms. The molecule has 3 aromatic rings. The van der Waals surface area contributed by atoms with Crippen LogP contribution in [0.2, 0.25) is 5.02 Å². The molecule has 0 aliphatic rings. The van der Waals surface area contributed by atoms with Crippen LogP contribution in [0.15, 0.2) is 41.3 Å². The molecule has 1 aromatic heterocycles. The van der Waals surface area contributed by atoms with Gasteiger partial charge < -0.3 is 4.90 Å². The van der Waals surface area contributed by atoms with E-state index in [4.69, 9.17) is 16.6 Å². The monoisotopic (exact) mass is 469 g/mol. The summed E-state index contributed by atoms with van der Waals surface area (Å²) in [6, 6.07) is 11.6. The molecule has 8 heteroatoms. The third-order valence-electron chi connectivity index (χ3n) is 4.35. The molecule has 29 heavy (non-hydrogen) atoms. The number of hydrogen-bond acceptors (Lipinski definition) is 5. The Hall–Kier alpha value is -1.31. The molecule has 156 valence electrons. The van der Waals surface area contributed by atoms with Crippen molar-refractivity contribution in [3.63, 3.8) is 0 Å². The van der Waals surface area contributed by atoms with Gasteiger partial charge in [0.15, 0.2) is 5.13 Å². The Morgan fingerprint density at radius 1 is 1.17 bits per heavy atom. The molecule has 0 unspecified atom stereocenters. The first-order chi connectivity index (χ1) is 13.4. The summed E-state index contributed by atoms with van der Waals surface area (Å²) >= 11 is 9.55. The molecule has 3 rings (SSSR count). The van der Waals surface area contributed by atoms with E-state index in [9.17, 15) is 4.79 Å². The van der Waals surface area contributed by atoms with Crippen molar-refractivity contribution >= 4 is 68.4 Å². The molecule has 0 saturated carbocycles. The number of carbonyl (C=O) groups is 1. The van der Waals surface area contributed by atoms with Crippen LogP contribution in [-0.4, -0.2) is 48.7 Å². The lowest BCUT2D eigenvalue weighted by Gasteiger charge is -2.23. The molecule has 2 aromatic carbocycles. The van der Waals surface area contributed by atoms with E-state index in [0.717, 1.165) is 38.5 Å². The minimum absolute atomic E-state index is 0. The Labute approximate surface area is 191 Å². The zero-order chi connectivity index (χ0) is 20.3. The number of hydrogen-bond donors (Lipinski definition) is 0. The number of nitrogens with zero attached hydrogens (tertiary/aromatic N) is 3. The highest BCUT2D eigenvalue weighted by Crippen LogP contribution is 2.36. The van der Waals surface area contributed by atoms with Gasteiger partial charge in [-0.25, -0.2) is 4.98 Å². The van der Waals surface area contributed by atoms with Crippen molar-refractivity contribution in [2.45, 2.75) is 18.7 Å². The molecule has 0 saturated heterocycles. The number of amides is 1. The molecule has 0 fully saturated rings. The lowest BCUT2D eigenvalue weighted by molar-refractivity contribution is 0.0982. The standard InChI is InChI=1S/C21H24ClN3OS2.ClH/c1-5-27-17-9-7-6-8-15(17)20(26)25(13-12-24(3)4)21-23-18-14(2)10-11-16(22)19(18)28-21;/h6-11H,5,12-13H2,1-4H3;1H. The number of thioether (sulfide) groups is 1. The second kappa shape index (κ2) is 10.6. The van der Waals surface area contributed by atoms with Gasteiger partial charge in [0.05, 0.1) is 20.8 Å². The number of rotatable bonds is 7. The molecule has 4 nitrogen and oxygen atoms in total. The fraction of sp³-hybridized carbons (Fsp3) is 0.333. The highest BCUT2D eigenvalue weighted by molar-refractivity contribution is 7.99. The first-order valence-electron chi connectivity index (χ1n) is 9.16. The van der Waals surface area contributed by atoms with Crippen LogP contribution in [0.25, 0.3) is 10.2 Å². The lowest BCUT2D eigenvalue weighted by Crippen LogP contribution is -2.37. The Balaban J connectivity index is 0.00000300. The van der Waals surface area contributed by atoms with Gasteiger partial charge in [0.2, 0.25) is 0 Å². The smallest absolute Gasteiger partial charge is 0.261 e. The van der Waals surface area contributed by atoms with Crippen LogP contribution in [0.1, 0.15) is 22.8 Å². The number of anilines is 1. The van der Waals surface area contributed by atoms with Crippen LogP contribution >= 0.6 is 47.1 Å². The molecule has 0 bridgehead atoms. The lowest BCUT2D eigenvalue weighted by atomic mass is 10.2. The van der Waals surface area contributed by atoms with Crippen molar-refractivity contribution in [2.24, 2.45) is 0 Å². The van der Waals surface area contributed by atoms with Crippen molar-refractivity contribution in [3.05, 3.63) is 52.5 Å². The molecule has 0 aliphatic carbocycles. The maximum Gasteiger partial charge on any atom is 0.261 e. The Morgan fingerprint density at radius 3 is 2.55 bits per heavy atom. The van der Waals surface area contributed by atoms with E-state index in [1.165, 1.54) is 11.3 Å². The fourth-order valence-electron chi connectivity index (χ4n) is 2.86. The van der Waals surface area contributed by atoms with Gasteiger partial charge in [-0.15, -0.1) is 24.2 Å². The maximum atomic E-state index is 13.5. The van der Waals surface area contributed by atoms with E-state index >= 15 is 0 Å². The predicted molar refractivity (Wildman–Crippen MR) is 130 cm³/mol. The first kappa shape index (κ1) is 24.0. The maximum absolute atomic E-state index is 13.5. The van der Waals surface area contributed by atoms with E-state index in [0.29, 0.717) is 16.7 Å². The van der Waals surface area contributed by atoms with Crippen LogP contribution < -0.4 is 4.90 Å². The number of likely N-dealkylation sites (N-methyl/N-ethyl adjacent to an activating group) is 1. The third-order valence-corrected chi connectivity index (χ3v) is 6.84. The molecule has 0 N–H and O–H groups in total. The van der Waals surface area contributed by atoms with Gasteiger partial charge in [-0.3, -0.25) is 9.69 Å². The van der Waals surface area contributed by atoms with E-state index in [-0.39, 0.29) is 18.3 Å². The van der Waals surface area contributed by atoms with Gasteiger partial charge >= 0.3 is 0 Å². The van der Waals surface area contributed by atoms with Crippen LogP contribution in [0, 0.1) is 6.92 Å². The third kappa shape index (κ3) is 5.44. The second-order valence-electron chi connectivity index (χ2n) is 6.73. The van der Waals surface area contributed by atoms with Crippen molar-refractivity contribution in [1.82, 2.24) is 9.88 Å². The molecular formula is C21H25Cl2N3OS2. The largest absolute Gasteiger partial charge is 0.308 e. The van der Waals surface area contributed by atoms with Gasteiger partial charge in [0.25, 0.3) is 5.91 Å². The summed E-state index contributed by atoms with van der Waals surface area (Å²) in [5.41, 5.74) is 2.64. The molecule has 0 atom stereocenters.